The van der Waals surface area contributed by atoms with Crippen LogP contribution in [0.5, 0.6) is 0 Å². The molecule has 3 aromatic carbocycles. The van der Waals surface area contributed by atoms with Gasteiger partial charge in [-0.2, -0.15) is 0 Å². The average Bonchev–Trinajstić information content (AvgIpc) is 3.02. The fraction of sp³-hybridized carbons (Fsp3) is 0.353. The number of carbonyl (C=O) groups is 4. The molecular weight excluding hydrogens is 532 g/mol. The molecule has 0 bridgehead atoms. The van der Waals surface area contributed by atoms with Gasteiger partial charge in [-0.3, -0.25) is 19.2 Å². The van der Waals surface area contributed by atoms with E-state index in [2.05, 4.69) is 5.32 Å². The number of amides is 2. The number of rotatable bonds is 13. The van der Waals surface area contributed by atoms with Crippen LogP contribution in [0.2, 0.25) is 0 Å². The Morgan fingerprint density at radius 2 is 1.31 bits per heavy atom. The van der Waals surface area contributed by atoms with Crippen LogP contribution in [0.1, 0.15) is 67.3 Å². The van der Waals surface area contributed by atoms with Crippen LogP contribution in [-0.2, 0) is 25.6 Å². The minimum absolute atomic E-state index is 0.0527. The first-order chi connectivity index (χ1) is 20.3. The summed E-state index contributed by atoms with van der Waals surface area (Å²) >= 11 is 0. The normalized spacial score (nSPS) is 17.9. The van der Waals surface area contributed by atoms with Crippen LogP contribution in [0.15, 0.2) is 91.0 Å². The molecule has 8 heteroatoms. The lowest BCUT2D eigenvalue weighted by molar-refractivity contribution is -0.149. The number of aliphatic carboxylic acids is 2. The predicted octanol–water partition coefficient (Wildman–Crippen LogP) is 5.41. The molecule has 1 aliphatic rings. The van der Waals surface area contributed by atoms with Crippen molar-refractivity contribution in [3.05, 3.63) is 108 Å². The molecule has 3 aromatic rings. The van der Waals surface area contributed by atoms with Crippen LogP contribution in [0.4, 0.5) is 0 Å². The second kappa shape index (κ2) is 15.0. The smallest absolute Gasteiger partial charge is 0.307 e. The molecule has 4 rings (SSSR count). The molecule has 1 fully saturated rings. The maximum absolute atomic E-state index is 14.5. The molecule has 42 heavy (non-hydrogen) atoms. The zero-order valence-electron chi connectivity index (χ0n) is 23.6. The zero-order valence-corrected chi connectivity index (χ0v) is 23.6. The number of hydrogen-bond acceptors (Lipinski definition) is 4. The molecule has 4 atom stereocenters. The van der Waals surface area contributed by atoms with Gasteiger partial charge in [-0.05, 0) is 42.4 Å². The lowest BCUT2D eigenvalue weighted by Gasteiger charge is -2.36. The Bertz CT molecular complexity index is 1330. The number of carboxylic acid groups (broad SMARTS) is 2. The van der Waals surface area contributed by atoms with Gasteiger partial charge in [0.2, 0.25) is 11.8 Å². The van der Waals surface area contributed by atoms with Crippen molar-refractivity contribution in [1.82, 2.24) is 10.2 Å². The topological polar surface area (TPSA) is 124 Å². The van der Waals surface area contributed by atoms with Crippen molar-refractivity contribution < 1.29 is 29.4 Å². The highest BCUT2D eigenvalue weighted by Gasteiger charge is 2.39. The van der Waals surface area contributed by atoms with E-state index in [9.17, 15) is 29.4 Å². The molecule has 0 aromatic heterocycles. The SMILES string of the molecule is O=C(O)CCN(C(=O)C(NC(=O)C1CCCCC1C(=O)O)c1ccccc1)C(CCc1ccccc1)c1ccccc1. The van der Waals surface area contributed by atoms with Crippen LogP contribution in [-0.4, -0.2) is 45.4 Å². The molecular formula is C34H38N2O6. The van der Waals surface area contributed by atoms with Gasteiger partial charge in [0, 0.05) is 6.54 Å². The highest BCUT2D eigenvalue weighted by atomic mass is 16.4. The number of nitrogens with zero attached hydrogens (tertiary/aromatic N) is 1. The Labute approximate surface area is 246 Å². The van der Waals surface area contributed by atoms with Crippen molar-refractivity contribution in [2.75, 3.05) is 6.54 Å². The van der Waals surface area contributed by atoms with Gasteiger partial charge in [-0.1, -0.05) is 104 Å². The fourth-order valence-electron chi connectivity index (χ4n) is 5.85. The van der Waals surface area contributed by atoms with E-state index in [1.54, 1.807) is 29.2 Å². The first-order valence-corrected chi connectivity index (χ1v) is 14.5. The van der Waals surface area contributed by atoms with Crippen molar-refractivity contribution in [3.63, 3.8) is 0 Å². The Kier molecular flexibility index (Phi) is 10.9. The number of carbonyl (C=O) groups excluding carboxylic acids is 2. The number of hydrogen-bond donors (Lipinski definition) is 3. The van der Waals surface area contributed by atoms with Crippen molar-refractivity contribution in [1.29, 1.82) is 0 Å². The predicted molar refractivity (Wildman–Crippen MR) is 158 cm³/mol. The maximum Gasteiger partial charge on any atom is 0.307 e. The second-order valence-electron chi connectivity index (χ2n) is 10.8. The van der Waals surface area contributed by atoms with Crippen molar-refractivity contribution >= 4 is 23.8 Å². The van der Waals surface area contributed by atoms with E-state index < -0.39 is 47.7 Å². The van der Waals surface area contributed by atoms with Crippen LogP contribution < -0.4 is 5.32 Å². The Morgan fingerprint density at radius 1 is 0.762 bits per heavy atom. The van der Waals surface area contributed by atoms with Crippen LogP contribution in [0.3, 0.4) is 0 Å². The molecule has 0 saturated heterocycles. The summed E-state index contributed by atoms with van der Waals surface area (Å²) < 4.78 is 0. The van der Waals surface area contributed by atoms with Gasteiger partial charge >= 0.3 is 11.9 Å². The summed E-state index contributed by atoms with van der Waals surface area (Å²) in [4.78, 5) is 53.4. The van der Waals surface area contributed by atoms with E-state index in [-0.39, 0.29) is 13.0 Å². The standard InChI is InChI=1S/C34H38N2O6/c37-30(38)22-23-36(29(25-14-6-2-7-15-25)21-20-24-12-4-1-5-13-24)33(40)31(26-16-8-3-9-17-26)35-32(39)27-18-10-11-19-28(27)34(41)42/h1-9,12-17,27-29,31H,10-11,18-23H2,(H,35,39)(H,37,38)(H,41,42). The van der Waals surface area contributed by atoms with Gasteiger partial charge in [0.25, 0.3) is 0 Å². The molecule has 4 unspecified atom stereocenters. The summed E-state index contributed by atoms with van der Waals surface area (Å²) in [5, 5.41) is 22.3. The third kappa shape index (κ3) is 8.06. The van der Waals surface area contributed by atoms with E-state index in [1.165, 1.54) is 0 Å². The molecule has 0 aliphatic heterocycles. The first-order valence-electron chi connectivity index (χ1n) is 14.5. The van der Waals surface area contributed by atoms with E-state index in [1.807, 2.05) is 66.7 Å². The molecule has 2 amide bonds. The van der Waals surface area contributed by atoms with E-state index in [4.69, 9.17) is 0 Å². The fourth-order valence-corrected chi connectivity index (χ4v) is 5.85. The Balaban J connectivity index is 1.70. The molecule has 1 aliphatic carbocycles. The summed E-state index contributed by atoms with van der Waals surface area (Å²) in [5.41, 5.74) is 2.51. The third-order valence-electron chi connectivity index (χ3n) is 8.05. The van der Waals surface area contributed by atoms with Crippen molar-refractivity contribution in [2.24, 2.45) is 11.8 Å². The Morgan fingerprint density at radius 3 is 1.88 bits per heavy atom. The molecule has 1 saturated carbocycles. The quantitative estimate of drug-likeness (QED) is 0.252. The van der Waals surface area contributed by atoms with Crippen molar-refractivity contribution in [3.8, 4) is 0 Å². The van der Waals surface area contributed by atoms with Crippen LogP contribution in [0, 0.1) is 11.8 Å². The van der Waals surface area contributed by atoms with Gasteiger partial charge in [-0.25, -0.2) is 0 Å². The maximum atomic E-state index is 14.5. The summed E-state index contributed by atoms with van der Waals surface area (Å²) in [6.07, 6.45) is 3.26. The van der Waals surface area contributed by atoms with Gasteiger partial charge < -0.3 is 20.4 Å². The lowest BCUT2D eigenvalue weighted by Crippen LogP contribution is -2.48. The van der Waals surface area contributed by atoms with Gasteiger partial charge in [0.1, 0.15) is 6.04 Å². The molecule has 3 N–H and O–H groups in total. The number of carboxylic acids is 2. The largest absolute Gasteiger partial charge is 0.481 e. The number of aryl methyl sites for hydroxylation is 1. The second-order valence-corrected chi connectivity index (χ2v) is 10.8. The molecule has 220 valence electrons. The van der Waals surface area contributed by atoms with E-state index in [0.29, 0.717) is 31.2 Å². The lowest BCUT2D eigenvalue weighted by atomic mass is 9.78. The van der Waals surface area contributed by atoms with Gasteiger partial charge in [-0.15, -0.1) is 0 Å². The van der Waals surface area contributed by atoms with Crippen molar-refractivity contribution in [2.45, 2.75) is 57.0 Å². The van der Waals surface area contributed by atoms with Gasteiger partial charge in [0.15, 0.2) is 0 Å². The van der Waals surface area contributed by atoms with E-state index >= 15 is 0 Å². The molecule has 8 nitrogen and oxygen atoms in total. The van der Waals surface area contributed by atoms with E-state index in [0.717, 1.165) is 24.0 Å². The minimum Gasteiger partial charge on any atom is -0.481 e. The highest BCUT2D eigenvalue weighted by molar-refractivity contribution is 5.91. The highest BCUT2D eigenvalue weighted by Crippen LogP contribution is 2.33. The molecule has 0 spiro atoms. The first kappa shape index (κ1) is 30.5. The van der Waals surface area contributed by atoms with Gasteiger partial charge in [0.05, 0.1) is 24.3 Å². The summed E-state index contributed by atoms with van der Waals surface area (Å²) in [7, 11) is 0. The Hall–Kier alpha value is -4.46. The third-order valence-corrected chi connectivity index (χ3v) is 8.05. The average molecular weight is 571 g/mol. The zero-order chi connectivity index (χ0) is 29.9. The number of nitrogens with one attached hydrogen (secondary N) is 1. The summed E-state index contributed by atoms with van der Waals surface area (Å²) in [5.74, 6) is -4.49. The summed E-state index contributed by atoms with van der Waals surface area (Å²) in [6, 6.07) is 26.7. The molecule has 0 radical (unpaired) electrons. The molecule has 0 heterocycles. The number of benzene rings is 3. The summed E-state index contributed by atoms with van der Waals surface area (Å²) in [6.45, 7) is -0.0527. The minimum atomic E-state index is -1.10. The van der Waals surface area contributed by atoms with Crippen LogP contribution in [0.25, 0.3) is 0 Å². The van der Waals surface area contributed by atoms with Crippen LogP contribution >= 0.6 is 0 Å². The monoisotopic (exact) mass is 570 g/mol.